The Bertz CT molecular complexity index is 1820. The summed E-state index contributed by atoms with van der Waals surface area (Å²) in [5.74, 6) is -0.528. The number of hydrogen-bond acceptors (Lipinski definition) is 6. The second-order valence-electron chi connectivity index (χ2n) is 8.97. The summed E-state index contributed by atoms with van der Waals surface area (Å²) in [6.07, 6.45) is 1.41. The number of nitrogens with one attached hydrogen (secondary N) is 2. The number of carbonyl (C=O) groups is 1. The van der Waals surface area contributed by atoms with Gasteiger partial charge in [0, 0.05) is 20.2 Å². The third-order valence-electron chi connectivity index (χ3n) is 6.58. The third kappa shape index (κ3) is 4.84. The molecule has 12 heteroatoms. The maximum absolute atomic E-state index is 13.7. The number of hydrogen-bond donors (Lipinski definition) is 2. The van der Waals surface area contributed by atoms with Crippen molar-refractivity contribution >= 4 is 44.1 Å². The van der Waals surface area contributed by atoms with Gasteiger partial charge in [0.2, 0.25) is 0 Å². The molecule has 0 fully saturated rings. The van der Waals surface area contributed by atoms with Crippen LogP contribution in [0.2, 0.25) is 5.02 Å². The van der Waals surface area contributed by atoms with E-state index < -0.39 is 27.2 Å². The van der Waals surface area contributed by atoms with E-state index in [1.165, 1.54) is 41.7 Å². The Morgan fingerprint density at radius 2 is 1.87 bits per heavy atom. The first kappa shape index (κ1) is 26.7. The molecule has 0 bridgehead atoms. The number of H-pyrrole nitrogens is 1. The Balaban J connectivity index is 1.65. The fraction of sp³-hybridized carbons (Fsp3) is 0.222. The van der Waals surface area contributed by atoms with Gasteiger partial charge in [-0.2, -0.15) is 0 Å². The molecule has 202 valence electrons. The highest BCUT2D eigenvalue weighted by Gasteiger charge is 2.30. The fourth-order valence-electron chi connectivity index (χ4n) is 4.73. The molecule has 2 heterocycles. The summed E-state index contributed by atoms with van der Waals surface area (Å²) < 4.78 is 34.5. The van der Waals surface area contributed by atoms with Gasteiger partial charge in [-0.1, -0.05) is 35.9 Å². The predicted molar refractivity (Wildman–Crippen MR) is 149 cm³/mol. The molecule has 0 spiro atoms. The summed E-state index contributed by atoms with van der Waals surface area (Å²) in [6, 6.07) is 15.7. The monoisotopic (exact) mass is 568 g/mol. The smallest absolute Gasteiger partial charge is 0.333 e. The van der Waals surface area contributed by atoms with Gasteiger partial charge >= 0.3 is 5.69 Å². The standard InChI is InChI=1S/C27H25ClN4O6S/c1-38-15-13-29-25(33)19-8-4-9-21-24(19)26(34)32(27(35)30-21)23-16-18(11-12-20(23)28)39(36,37)31-14-5-7-17-6-2-3-10-22(17)31/h2-4,6,8-12,16H,5,7,13-15H2,1H3,(H,29,33)(H,30,35). The van der Waals surface area contributed by atoms with E-state index >= 15 is 0 Å². The fourth-order valence-corrected chi connectivity index (χ4v) is 6.50. The number of carbonyl (C=O) groups excluding carboxylic acids is 1. The minimum Gasteiger partial charge on any atom is -0.383 e. The molecule has 0 radical (unpaired) electrons. The molecule has 10 nitrogen and oxygen atoms in total. The van der Waals surface area contributed by atoms with Crippen molar-refractivity contribution < 1.29 is 17.9 Å². The van der Waals surface area contributed by atoms with Crippen LogP contribution in [-0.2, 0) is 21.2 Å². The van der Waals surface area contributed by atoms with Crippen LogP contribution < -0.4 is 20.9 Å². The molecule has 0 unspecified atom stereocenters. The third-order valence-corrected chi connectivity index (χ3v) is 8.71. The number of sulfonamides is 1. The van der Waals surface area contributed by atoms with Crippen molar-refractivity contribution in [3.05, 3.63) is 97.7 Å². The van der Waals surface area contributed by atoms with Crippen LogP contribution >= 0.6 is 11.6 Å². The van der Waals surface area contributed by atoms with E-state index in [1.807, 2.05) is 12.1 Å². The Hall–Kier alpha value is -3.93. The summed E-state index contributed by atoms with van der Waals surface area (Å²) in [7, 11) is -2.56. The first-order chi connectivity index (χ1) is 18.7. The number of rotatable bonds is 7. The van der Waals surface area contributed by atoms with Crippen LogP contribution in [0.5, 0.6) is 0 Å². The van der Waals surface area contributed by atoms with Crippen molar-refractivity contribution in [2.75, 3.05) is 31.1 Å². The molecule has 1 aliphatic rings. The van der Waals surface area contributed by atoms with Gasteiger partial charge in [-0.3, -0.25) is 13.9 Å². The van der Waals surface area contributed by atoms with E-state index in [0.29, 0.717) is 12.1 Å². The minimum absolute atomic E-state index is 0.0121. The molecule has 1 amide bonds. The highest BCUT2D eigenvalue weighted by Crippen LogP contribution is 2.33. The summed E-state index contributed by atoms with van der Waals surface area (Å²) in [4.78, 5) is 42.1. The summed E-state index contributed by atoms with van der Waals surface area (Å²) in [6.45, 7) is 0.778. The number of aromatic nitrogens is 2. The molecular weight excluding hydrogens is 544 g/mol. The molecule has 0 aliphatic carbocycles. The molecule has 0 saturated heterocycles. The van der Waals surface area contributed by atoms with Crippen LogP contribution in [0.4, 0.5) is 5.69 Å². The van der Waals surface area contributed by atoms with Crippen LogP contribution in [0, 0.1) is 0 Å². The molecule has 5 rings (SSSR count). The number of aromatic amines is 1. The van der Waals surface area contributed by atoms with Crippen molar-refractivity contribution in [1.82, 2.24) is 14.9 Å². The number of para-hydroxylation sites is 1. The number of methoxy groups -OCH3 is 1. The van der Waals surface area contributed by atoms with Crippen LogP contribution in [0.1, 0.15) is 22.3 Å². The van der Waals surface area contributed by atoms with Crippen molar-refractivity contribution in [2.24, 2.45) is 0 Å². The van der Waals surface area contributed by atoms with Gasteiger partial charge in [-0.15, -0.1) is 0 Å². The molecule has 39 heavy (non-hydrogen) atoms. The average molecular weight is 569 g/mol. The van der Waals surface area contributed by atoms with Gasteiger partial charge < -0.3 is 15.0 Å². The number of ether oxygens (including phenoxy) is 1. The lowest BCUT2D eigenvalue weighted by Crippen LogP contribution is -2.37. The maximum atomic E-state index is 13.7. The van der Waals surface area contributed by atoms with Crippen molar-refractivity contribution in [2.45, 2.75) is 17.7 Å². The Morgan fingerprint density at radius 3 is 2.67 bits per heavy atom. The molecule has 1 aromatic heterocycles. The number of aryl methyl sites for hydroxylation is 1. The minimum atomic E-state index is -4.05. The highest BCUT2D eigenvalue weighted by molar-refractivity contribution is 7.92. The normalized spacial score (nSPS) is 13.3. The molecular formula is C27H25ClN4O6S. The summed E-state index contributed by atoms with van der Waals surface area (Å²) in [5, 5.41) is 2.61. The van der Waals surface area contributed by atoms with Gasteiger partial charge in [-0.05, 0) is 54.8 Å². The number of benzene rings is 3. The molecule has 1 aliphatic heterocycles. The van der Waals surface area contributed by atoms with Gasteiger partial charge in [0.1, 0.15) is 0 Å². The molecule has 0 atom stereocenters. The van der Waals surface area contributed by atoms with E-state index in [-0.39, 0.29) is 51.8 Å². The quantitative estimate of drug-likeness (QED) is 0.330. The number of fused-ring (bicyclic) bond motifs is 2. The summed E-state index contributed by atoms with van der Waals surface area (Å²) >= 11 is 6.42. The Labute approximate surface area is 228 Å². The summed E-state index contributed by atoms with van der Waals surface area (Å²) in [5.41, 5.74) is -0.0556. The second-order valence-corrected chi connectivity index (χ2v) is 11.2. The largest absolute Gasteiger partial charge is 0.383 e. The van der Waals surface area contributed by atoms with Gasteiger partial charge in [0.25, 0.3) is 21.5 Å². The van der Waals surface area contributed by atoms with Crippen molar-refractivity contribution in [1.29, 1.82) is 0 Å². The van der Waals surface area contributed by atoms with Crippen LogP contribution in [0.3, 0.4) is 0 Å². The lowest BCUT2D eigenvalue weighted by Gasteiger charge is -2.30. The van der Waals surface area contributed by atoms with E-state index in [2.05, 4.69) is 10.3 Å². The van der Waals surface area contributed by atoms with Gasteiger partial charge in [0.05, 0.1) is 44.4 Å². The van der Waals surface area contributed by atoms with E-state index in [4.69, 9.17) is 16.3 Å². The predicted octanol–water partition coefficient (Wildman–Crippen LogP) is 2.85. The topological polar surface area (TPSA) is 131 Å². The number of anilines is 1. The van der Waals surface area contributed by atoms with E-state index in [0.717, 1.165) is 16.6 Å². The zero-order valence-electron chi connectivity index (χ0n) is 20.9. The SMILES string of the molecule is COCCNC(=O)c1cccc2[nH]c(=O)n(-c3cc(S(=O)(=O)N4CCCc5ccccc54)ccc3Cl)c(=O)c12. The Morgan fingerprint density at radius 1 is 1.08 bits per heavy atom. The molecule has 3 aromatic carbocycles. The van der Waals surface area contributed by atoms with Crippen molar-refractivity contribution in [3.63, 3.8) is 0 Å². The first-order valence-electron chi connectivity index (χ1n) is 12.2. The molecule has 4 aromatic rings. The van der Waals surface area contributed by atoms with Crippen LogP contribution in [-0.4, -0.2) is 50.7 Å². The maximum Gasteiger partial charge on any atom is 0.333 e. The lowest BCUT2D eigenvalue weighted by molar-refractivity contribution is 0.0938. The van der Waals surface area contributed by atoms with E-state index in [1.54, 1.807) is 18.2 Å². The van der Waals surface area contributed by atoms with Gasteiger partial charge in [-0.25, -0.2) is 17.8 Å². The zero-order chi connectivity index (χ0) is 27.7. The number of nitrogens with zero attached hydrogens (tertiary/aromatic N) is 2. The number of amides is 1. The number of halogens is 1. The zero-order valence-corrected chi connectivity index (χ0v) is 22.5. The van der Waals surface area contributed by atoms with Crippen LogP contribution in [0.15, 0.2) is 75.1 Å². The molecule has 2 N–H and O–H groups in total. The first-order valence-corrected chi connectivity index (χ1v) is 14.0. The highest BCUT2D eigenvalue weighted by atomic mass is 35.5. The molecule has 0 saturated carbocycles. The lowest BCUT2D eigenvalue weighted by atomic mass is 10.0. The Kier molecular flexibility index (Phi) is 7.30. The second kappa shape index (κ2) is 10.7. The van der Waals surface area contributed by atoms with E-state index in [9.17, 15) is 22.8 Å². The van der Waals surface area contributed by atoms with Crippen molar-refractivity contribution in [3.8, 4) is 5.69 Å². The average Bonchev–Trinajstić information content (AvgIpc) is 2.93. The van der Waals surface area contributed by atoms with Crippen LogP contribution in [0.25, 0.3) is 16.6 Å². The van der Waals surface area contributed by atoms with Gasteiger partial charge in [0.15, 0.2) is 0 Å².